The summed E-state index contributed by atoms with van der Waals surface area (Å²) in [5.41, 5.74) is 0.544. The monoisotopic (exact) mass is 426 g/mol. The van der Waals surface area contributed by atoms with E-state index in [1.807, 2.05) is 0 Å². The molecule has 1 aromatic rings. The molecule has 0 spiro atoms. The van der Waals surface area contributed by atoms with Crippen LogP contribution >= 0.6 is 24.0 Å². The summed E-state index contributed by atoms with van der Waals surface area (Å²) in [5.74, 6) is -1.27. The zero-order valence-corrected chi connectivity index (χ0v) is 16.4. The van der Waals surface area contributed by atoms with Gasteiger partial charge in [0, 0.05) is 18.4 Å². The predicted octanol–water partition coefficient (Wildman–Crippen LogP) is 1.84. The van der Waals surface area contributed by atoms with Crippen LogP contribution in [0.1, 0.15) is 12.0 Å². The molecule has 10 heteroatoms. The number of thioether (sulfide) groups is 1. The fraction of sp³-hybridized carbons (Fsp3) is 0.235. The summed E-state index contributed by atoms with van der Waals surface area (Å²) >= 11 is 6.28. The molecule has 3 rings (SSSR count). The molecule has 1 atom stereocenters. The average molecular weight is 427 g/mol. The van der Waals surface area contributed by atoms with Crippen molar-refractivity contribution in [1.82, 2.24) is 10.2 Å². The number of carbonyl (C=O) groups excluding carboxylic acids is 2. The Morgan fingerprint density at radius 2 is 2.22 bits per heavy atom. The highest BCUT2D eigenvalue weighted by Crippen LogP contribution is 2.32. The molecule has 2 aliphatic rings. The zero-order valence-electron chi connectivity index (χ0n) is 13.9. The van der Waals surface area contributed by atoms with Crippen LogP contribution in [0.4, 0.5) is 4.39 Å². The van der Waals surface area contributed by atoms with Crippen molar-refractivity contribution < 1.29 is 22.4 Å². The smallest absolute Gasteiger partial charge is 0.266 e. The van der Waals surface area contributed by atoms with Gasteiger partial charge in [-0.05, 0) is 29.8 Å². The molecule has 1 saturated heterocycles. The first kappa shape index (κ1) is 19.7. The van der Waals surface area contributed by atoms with E-state index in [0.29, 0.717) is 14.8 Å². The normalized spacial score (nSPS) is 22.6. The van der Waals surface area contributed by atoms with E-state index in [9.17, 15) is 22.4 Å². The zero-order chi connectivity index (χ0) is 19.6. The number of nitrogens with one attached hydrogen (secondary N) is 1. The molecule has 0 saturated carbocycles. The van der Waals surface area contributed by atoms with Crippen molar-refractivity contribution in [2.75, 3.05) is 12.3 Å². The molecule has 0 bridgehead atoms. The molecule has 27 heavy (non-hydrogen) atoms. The van der Waals surface area contributed by atoms with Crippen molar-refractivity contribution in [1.29, 1.82) is 0 Å². The van der Waals surface area contributed by atoms with Crippen molar-refractivity contribution in [3.05, 3.63) is 52.0 Å². The lowest BCUT2D eigenvalue weighted by Crippen LogP contribution is -2.38. The van der Waals surface area contributed by atoms with Gasteiger partial charge < -0.3 is 5.32 Å². The Kier molecular flexibility index (Phi) is 5.78. The summed E-state index contributed by atoms with van der Waals surface area (Å²) in [6.45, 7) is 0.0835. The molecule has 0 unspecified atom stereocenters. The molecule has 0 radical (unpaired) electrons. The number of amides is 2. The van der Waals surface area contributed by atoms with E-state index in [-0.39, 0.29) is 30.5 Å². The number of thiocarbonyl (C=S) groups is 1. The molecule has 0 aromatic heterocycles. The molecule has 2 heterocycles. The molecule has 142 valence electrons. The van der Waals surface area contributed by atoms with Gasteiger partial charge in [-0.2, -0.15) is 0 Å². The largest absolute Gasteiger partial charge is 0.349 e. The Morgan fingerprint density at radius 3 is 2.89 bits per heavy atom. The molecular formula is C17H15FN2O4S3. The first-order valence-corrected chi connectivity index (χ1v) is 10.9. The topological polar surface area (TPSA) is 83.6 Å². The van der Waals surface area contributed by atoms with Gasteiger partial charge in [0.2, 0.25) is 5.91 Å². The van der Waals surface area contributed by atoms with Crippen LogP contribution in [0.15, 0.2) is 40.7 Å². The van der Waals surface area contributed by atoms with Gasteiger partial charge in [-0.25, -0.2) is 12.8 Å². The molecule has 1 fully saturated rings. The van der Waals surface area contributed by atoms with Crippen LogP contribution in [0.25, 0.3) is 6.08 Å². The van der Waals surface area contributed by atoms with Crippen LogP contribution in [-0.4, -0.2) is 47.8 Å². The second-order valence-electron chi connectivity index (χ2n) is 5.97. The minimum absolute atomic E-state index is 0.00985. The average Bonchev–Trinajstić information content (AvgIpc) is 3.05. The second-order valence-corrected chi connectivity index (χ2v) is 9.58. The first-order chi connectivity index (χ1) is 12.7. The summed E-state index contributed by atoms with van der Waals surface area (Å²) in [4.78, 5) is 26.2. The van der Waals surface area contributed by atoms with Gasteiger partial charge >= 0.3 is 0 Å². The number of benzene rings is 1. The quantitative estimate of drug-likeness (QED) is 0.572. The maximum absolute atomic E-state index is 13.3. The standard InChI is InChI=1S/C17H15FN2O4S3/c18-12-3-1-2-11(8-12)9-14-16(22)20(17(25)26-14)6-4-15(21)19-13-5-7-27(23,24)10-13/h1-3,5,7-9,13H,4,6,10H2,(H,19,21)/b14-9-/t13-/m0/s1. The number of carbonyl (C=O) groups is 2. The van der Waals surface area contributed by atoms with Crippen LogP contribution in [0, 0.1) is 5.82 Å². The Morgan fingerprint density at radius 1 is 1.44 bits per heavy atom. The number of halogens is 1. The Hall–Kier alpha value is -2.04. The highest BCUT2D eigenvalue weighted by atomic mass is 32.2. The number of hydrogen-bond donors (Lipinski definition) is 1. The maximum Gasteiger partial charge on any atom is 0.266 e. The fourth-order valence-corrected chi connectivity index (χ4v) is 5.14. The number of nitrogens with zero attached hydrogens (tertiary/aromatic N) is 1. The Balaban J connectivity index is 1.58. The van der Waals surface area contributed by atoms with Crippen LogP contribution in [0.5, 0.6) is 0 Å². The van der Waals surface area contributed by atoms with E-state index >= 15 is 0 Å². The molecule has 0 aliphatic carbocycles. The van der Waals surface area contributed by atoms with Crippen LogP contribution < -0.4 is 5.32 Å². The van der Waals surface area contributed by atoms with Gasteiger partial charge in [0.15, 0.2) is 9.84 Å². The maximum atomic E-state index is 13.3. The predicted molar refractivity (Wildman–Crippen MR) is 106 cm³/mol. The third kappa shape index (κ3) is 5.02. The lowest BCUT2D eigenvalue weighted by atomic mass is 10.2. The van der Waals surface area contributed by atoms with Crippen molar-refractivity contribution in [3.8, 4) is 0 Å². The van der Waals surface area contributed by atoms with Gasteiger partial charge in [0.1, 0.15) is 10.1 Å². The molecule has 6 nitrogen and oxygen atoms in total. The van der Waals surface area contributed by atoms with Crippen LogP contribution in [0.2, 0.25) is 0 Å². The summed E-state index contributed by atoms with van der Waals surface area (Å²) in [7, 11) is -3.25. The highest BCUT2D eigenvalue weighted by Gasteiger charge is 2.32. The van der Waals surface area contributed by atoms with E-state index in [0.717, 1.165) is 17.2 Å². The van der Waals surface area contributed by atoms with Gasteiger partial charge in [-0.15, -0.1) is 0 Å². The Bertz CT molecular complexity index is 972. The molecule has 1 aromatic carbocycles. The lowest BCUT2D eigenvalue weighted by Gasteiger charge is -2.15. The van der Waals surface area contributed by atoms with E-state index < -0.39 is 21.7 Å². The molecular weight excluding hydrogens is 411 g/mol. The number of hydrogen-bond acceptors (Lipinski definition) is 6. The van der Waals surface area contributed by atoms with E-state index in [2.05, 4.69) is 5.32 Å². The summed E-state index contributed by atoms with van der Waals surface area (Å²) in [5, 5.41) is 3.68. The second kappa shape index (κ2) is 7.91. The third-order valence-electron chi connectivity index (χ3n) is 3.86. The summed E-state index contributed by atoms with van der Waals surface area (Å²) in [6.07, 6.45) is 2.97. The number of rotatable bonds is 5. The van der Waals surface area contributed by atoms with Crippen molar-refractivity contribution in [3.63, 3.8) is 0 Å². The van der Waals surface area contributed by atoms with Gasteiger partial charge in [-0.3, -0.25) is 14.5 Å². The highest BCUT2D eigenvalue weighted by molar-refractivity contribution is 8.26. The third-order valence-corrected chi connectivity index (χ3v) is 6.63. The SMILES string of the molecule is O=C(CCN1C(=O)/C(=C/c2cccc(F)c2)SC1=S)N[C@H]1C=CS(=O)(=O)C1. The van der Waals surface area contributed by atoms with E-state index in [4.69, 9.17) is 12.2 Å². The van der Waals surface area contributed by atoms with Gasteiger partial charge in [0.05, 0.1) is 16.7 Å². The fourth-order valence-electron chi connectivity index (χ4n) is 2.60. The summed E-state index contributed by atoms with van der Waals surface area (Å²) in [6, 6.07) is 5.28. The van der Waals surface area contributed by atoms with Crippen molar-refractivity contribution in [2.45, 2.75) is 12.5 Å². The van der Waals surface area contributed by atoms with E-state index in [1.165, 1.54) is 23.1 Å². The van der Waals surface area contributed by atoms with Crippen molar-refractivity contribution in [2.24, 2.45) is 0 Å². The summed E-state index contributed by atoms with van der Waals surface area (Å²) < 4.78 is 36.3. The van der Waals surface area contributed by atoms with Gasteiger partial charge in [0.25, 0.3) is 5.91 Å². The number of sulfone groups is 1. The van der Waals surface area contributed by atoms with E-state index in [1.54, 1.807) is 18.2 Å². The first-order valence-electron chi connectivity index (χ1n) is 7.95. The van der Waals surface area contributed by atoms with Crippen LogP contribution in [0.3, 0.4) is 0 Å². The molecule has 2 amide bonds. The molecule has 1 N–H and O–H groups in total. The molecule has 2 aliphatic heterocycles. The van der Waals surface area contributed by atoms with Crippen molar-refractivity contribution >= 4 is 56.0 Å². The van der Waals surface area contributed by atoms with Gasteiger partial charge in [-0.1, -0.05) is 36.1 Å². The minimum Gasteiger partial charge on any atom is -0.349 e. The van der Waals surface area contributed by atoms with Crippen LogP contribution in [-0.2, 0) is 19.4 Å². The Labute approximate surface area is 165 Å². The minimum atomic E-state index is -3.25. The lowest BCUT2D eigenvalue weighted by molar-refractivity contribution is -0.124.